The maximum Gasteiger partial charge on any atom is 0.252 e. The van der Waals surface area contributed by atoms with E-state index in [1.165, 1.54) is 19.1 Å². The lowest BCUT2D eigenvalue weighted by molar-refractivity contribution is 0.0471. The van der Waals surface area contributed by atoms with Gasteiger partial charge in [0.15, 0.2) is 0 Å². The highest BCUT2D eigenvalue weighted by Crippen LogP contribution is 2.31. The highest BCUT2D eigenvalue weighted by molar-refractivity contribution is 9.10. The van der Waals surface area contributed by atoms with Crippen LogP contribution in [0.4, 0.5) is 0 Å². The first-order chi connectivity index (χ1) is 8.04. The number of nitrogens with two attached hydrogens (primary N) is 1. The summed E-state index contributed by atoms with van der Waals surface area (Å²) in [5.74, 6) is -0.619. The van der Waals surface area contributed by atoms with Gasteiger partial charge in [0.25, 0.3) is 5.91 Å². The molecule has 1 aromatic rings. The standard InChI is InChI=1S/C10H9B2Br2NO3/c1-9(14,17)10(11,12)18-7-3-2-5(13)4-6(7)8(15)16/h2-4,17H,1H3,(H2,15,16). The number of benzene rings is 1. The molecule has 0 spiro atoms. The molecule has 1 rings (SSSR count). The minimum Gasteiger partial charge on any atom is -0.502 e. The van der Waals surface area contributed by atoms with Crippen LogP contribution in [0.2, 0.25) is 0 Å². The van der Waals surface area contributed by atoms with Crippen LogP contribution in [0.15, 0.2) is 22.7 Å². The second-order valence-corrected chi connectivity index (χ2v) is 6.31. The van der Waals surface area contributed by atoms with Crippen molar-refractivity contribution in [3.05, 3.63) is 28.2 Å². The molecule has 0 fully saturated rings. The number of primary amides is 1. The first-order valence-electron chi connectivity index (χ1n) is 4.82. The molecule has 0 saturated carbocycles. The lowest BCUT2D eigenvalue weighted by atomic mass is 9.62. The van der Waals surface area contributed by atoms with E-state index in [-0.39, 0.29) is 11.3 Å². The van der Waals surface area contributed by atoms with Crippen LogP contribution in [0.5, 0.6) is 5.75 Å². The number of ether oxygens (including phenoxy) is 1. The van der Waals surface area contributed by atoms with Crippen LogP contribution in [0.25, 0.3) is 0 Å². The van der Waals surface area contributed by atoms with Crippen LogP contribution >= 0.6 is 31.9 Å². The number of hydrogen-bond donors (Lipinski definition) is 2. The second kappa shape index (κ2) is 5.27. The Morgan fingerprint density at radius 3 is 2.50 bits per heavy atom. The molecule has 3 N–H and O–H groups in total. The fourth-order valence-corrected chi connectivity index (χ4v) is 1.50. The molecule has 8 heteroatoms. The second-order valence-electron chi connectivity index (χ2n) is 3.85. The Kier molecular flexibility index (Phi) is 4.56. The lowest BCUT2D eigenvalue weighted by Gasteiger charge is -2.37. The molecule has 18 heavy (non-hydrogen) atoms. The molecular formula is C10H9B2Br2NO3. The van der Waals surface area contributed by atoms with Crippen molar-refractivity contribution in [1.29, 1.82) is 0 Å². The largest absolute Gasteiger partial charge is 0.502 e. The number of amides is 1. The molecular weight excluding hydrogens is 364 g/mol. The number of aliphatic hydroxyl groups is 1. The Balaban J connectivity index is 3.16. The van der Waals surface area contributed by atoms with Gasteiger partial charge in [-0.3, -0.25) is 4.79 Å². The van der Waals surface area contributed by atoms with Gasteiger partial charge >= 0.3 is 0 Å². The van der Waals surface area contributed by atoms with Crippen molar-refractivity contribution in [2.45, 2.75) is 16.8 Å². The van der Waals surface area contributed by atoms with Crippen LogP contribution in [0.3, 0.4) is 0 Å². The first kappa shape index (κ1) is 15.6. The van der Waals surface area contributed by atoms with Crippen molar-refractivity contribution in [3.8, 4) is 5.75 Å². The molecule has 1 atom stereocenters. The molecule has 4 radical (unpaired) electrons. The molecule has 0 aliphatic heterocycles. The predicted octanol–water partition coefficient (Wildman–Crippen LogP) is 1.02. The Morgan fingerprint density at radius 2 is 2.06 bits per heavy atom. The van der Waals surface area contributed by atoms with Gasteiger partial charge in [0.2, 0.25) is 0 Å². The molecule has 0 bridgehead atoms. The van der Waals surface area contributed by atoms with Gasteiger partial charge in [-0.25, -0.2) is 0 Å². The zero-order valence-electron chi connectivity index (χ0n) is 9.48. The summed E-state index contributed by atoms with van der Waals surface area (Å²) < 4.78 is 4.21. The van der Waals surface area contributed by atoms with Crippen molar-refractivity contribution in [2.24, 2.45) is 5.73 Å². The monoisotopic (exact) mass is 371 g/mol. The summed E-state index contributed by atoms with van der Waals surface area (Å²) in [4.78, 5) is 11.3. The van der Waals surface area contributed by atoms with E-state index in [1.54, 1.807) is 6.07 Å². The molecule has 1 aromatic carbocycles. The Morgan fingerprint density at radius 1 is 1.50 bits per heavy atom. The average Bonchev–Trinajstić information content (AvgIpc) is 2.18. The molecule has 0 aliphatic rings. The number of carbonyl (C=O) groups is 1. The summed E-state index contributed by atoms with van der Waals surface area (Å²) in [7, 11) is 11.3. The molecule has 0 aliphatic carbocycles. The van der Waals surface area contributed by atoms with Gasteiger partial charge in [0.05, 0.1) is 11.0 Å². The van der Waals surface area contributed by atoms with Crippen LogP contribution in [-0.4, -0.2) is 36.6 Å². The summed E-state index contributed by atoms with van der Waals surface area (Å²) in [5.41, 5.74) is 5.31. The van der Waals surface area contributed by atoms with Gasteiger partial charge in [-0.2, -0.15) is 0 Å². The predicted molar refractivity (Wildman–Crippen MR) is 77.1 cm³/mol. The molecule has 0 heterocycles. The zero-order valence-corrected chi connectivity index (χ0v) is 12.7. The Labute approximate surface area is 124 Å². The summed E-state index contributed by atoms with van der Waals surface area (Å²) in [6.07, 6.45) is 0. The summed E-state index contributed by atoms with van der Waals surface area (Å²) in [6.45, 7) is 1.32. The third kappa shape index (κ3) is 3.52. The van der Waals surface area contributed by atoms with Crippen LogP contribution < -0.4 is 10.5 Å². The number of carbonyl (C=O) groups excluding carboxylic acids is 1. The SMILES string of the molecule is [B]C([B])(Oc1ccc(Br)cc1C(N)=O)C(C)(O)Br. The van der Waals surface area contributed by atoms with E-state index in [4.69, 9.17) is 26.2 Å². The lowest BCUT2D eigenvalue weighted by Crippen LogP contribution is -2.54. The van der Waals surface area contributed by atoms with Gasteiger partial charge in [0, 0.05) is 4.47 Å². The molecule has 1 amide bonds. The molecule has 92 valence electrons. The van der Waals surface area contributed by atoms with Crippen molar-refractivity contribution in [3.63, 3.8) is 0 Å². The van der Waals surface area contributed by atoms with E-state index in [2.05, 4.69) is 31.9 Å². The van der Waals surface area contributed by atoms with E-state index in [0.29, 0.717) is 4.47 Å². The van der Waals surface area contributed by atoms with E-state index >= 15 is 0 Å². The van der Waals surface area contributed by atoms with Gasteiger partial charge in [-0.1, -0.05) is 31.9 Å². The van der Waals surface area contributed by atoms with Gasteiger partial charge in [0.1, 0.15) is 26.0 Å². The van der Waals surface area contributed by atoms with E-state index in [9.17, 15) is 9.90 Å². The first-order valence-corrected chi connectivity index (χ1v) is 6.40. The maximum atomic E-state index is 11.3. The van der Waals surface area contributed by atoms with Crippen molar-refractivity contribution in [1.82, 2.24) is 0 Å². The summed E-state index contributed by atoms with van der Waals surface area (Å²) in [6, 6.07) is 4.56. The third-order valence-corrected chi connectivity index (χ3v) is 3.31. The van der Waals surface area contributed by atoms with Crippen LogP contribution in [0.1, 0.15) is 17.3 Å². The minimum absolute atomic E-state index is 0.0791. The van der Waals surface area contributed by atoms with Crippen LogP contribution in [-0.2, 0) is 0 Å². The number of rotatable bonds is 4. The maximum absolute atomic E-state index is 11.3. The quantitative estimate of drug-likeness (QED) is 0.612. The normalized spacial score (nSPS) is 14.9. The highest BCUT2D eigenvalue weighted by Gasteiger charge is 2.38. The topological polar surface area (TPSA) is 72.5 Å². The number of hydrogen-bond acceptors (Lipinski definition) is 3. The van der Waals surface area contributed by atoms with Gasteiger partial charge in [-0.05, 0) is 25.1 Å². The van der Waals surface area contributed by atoms with Crippen molar-refractivity contribution < 1.29 is 14.6 Å². The summed E-state index contributed by atoms with van der Waals surface area (Å²) >= 11 is 6.09. The Bertz CT molecular complexity index is 475. The molecule has 0 saturated heterocycles. The van der Waals surface area contributed by atoms with Crippen molar-refractivity contribution >= 4 is 53.5 Å². The van der Waals surface area contributed by atoms with E-state index in [1.807, 2.05) is 0 Å². The van der Waals surface area contributed by atoms with Gasteiger partial charge in [-0.15, -0.1) is 0 Å². The van der Waals surface area contributed by atoms with Crippen molar-refractivity contribution in [2.75, 3.05) is 0 Å². The Hall–Kier alpha value is -0.460. The zero-order chi connectivity index (χ0) is 14.1. The van der Waals surface area contributed by atoms with Crippen LogP contribution in [0, 0.1) is 0 Å². The fourth-order valence-electron chi connectivity index (χ4n) is 1.06. The number of halogens is 2. The summed E-state index contributed by atoms with van der Waals surface area (Å²) in [5, 5.41) is 7.77. The third-order valence-electron chi connectivity index (χ3n) is 2.20. The smallest absolute Gasteiger partial charge is 0.252 e. The molecule has 0 aromatic heterocycles. The van der Waals surface area contributed by atoms with E-state index < -0.39 is 15.8 Å². The van der Waals surface area contributed by atoms with E-state index in [0.717, 1.165) is 0 Å². The number of alkyl halides is 1. The fraction of sp³-hybridized carbons (Fsp3) is 0.300. The molecule has 1 unspecified atom stereocenters. The molecule has 4 nitrogen and oxygen atoms in total. The van der Waals surface area contributed by atoms with Gasteiger partial charge < -0.3 is 15.6 Å². The average molecular weight is 373 g/mol. The highest BCUT2D eigenvalue weighted by atomic mass is 79.9. The minimum atomic E-state index is -1.94.